The van der Waals surface area contributed by atoms with E-state index in [0.29, 0.717) is 6.54 Å². The van der Waals surface area contributed by atoms with Gasteiger partial charge < -0.3 is 15.5 Å². The predicted molar refractivity (Wildman–Crippen MR) is 75.0 cm³/mol. The van der Waals surface area contributed by atoms with E-state index in [9.17, 15) is 4.79 Å². The molecular weight excluding hydrogens is 226 g/mol. The molecule has 100 valence electrons. The highest BCUT2D eigenvalue weighted by atomic mass is 16.1. The Balaban J connectivity index is 2.60. The van der Waals surface area contributed by atoms with Crippen LogP contribution in [-0.4, -0.2) is 51.6 Å². The number of nitrogens with one attached hydrogen (secondary N) is 2. The van der Waals surface area contributed by atoms with Crippen LogP contribution < -0.4 is 10.6 Å². The number of hydrogen-bond donors (Lipinski definition) is 2. The molecule has 1 aromatic carbocycles. The predicted octanol–water partition coefficient (Wildman–Crippen LogP) is 0.740. The van der Waals surface area contributed by atoms with Gasteiger partial charge in [0.2, 0.25) is 0 Å². The minimum atomic E-state index is 0.0172. The molecule has 0 atom stereocenters. The lowest BCUT2D eigenvalue weighted by atomic mass is 10.0. The highest BCUT2D eigenvalue weighted by Crippen LogP contribution is 2.09. The molecule has 0 heterocycles. The number of nitrogens with zero attached hydrogens (tertiary/aromatic N) is 1. The van der Waals surface area contributed by atoms with Crippen LogP contribution in [0, 0.1) is 0 Å². The van der Waals surface area contributed by atoms with Crippen LogP contribution in [0.25, 0.3) is 0 Å². The van der Waals surface area contributed by atoms with Crippen LogP contribution in [0.3, 0.4) is 0 Å². The van der Waals surface area contributed by atoms with Crippen molar-refractivity contribution < 1.29 is 4.79 Å². The normalized spacial score (nSPS) is 10.7. The molecule has 18 heavy (non-hydrogen) atoms. The Morgan fingerprint density at radius 2 is 1.94 bits per heavy atom. The zero-order chi connectivity index (χ0) is 13.4. The fourth-order valence-electron chi connectivity index (χ4n) is 1.71. The van der Waals surface area contributed by atoms with E-state index in [1.807, 2.05) is 50.3 Å². The first kappa shape index (κ1) is 14.7. The van der Waals surface area contributed by atoms with Crippen molar-refractivity contribution in [3.8, 4) is 0 Å². The second-order valence-electron chi connectivity index (χ2n) is 4.57. The number of benzene rings is 1. The molecule has 0 aliphatic heterocycles. The largest absolute Gasteiger partial charge is 0.351 e. The second-order valence-corrected chi connectivity index (χ2v) is 4.57. The van der Waals surface area contributed by atoms with Crippen molar-refractivity contribution in [2.75, 3.05) is 40.8 Å². The molecule has 0 fully saturated rings. The van der Waals surface area contributed by atoms with Crippen molar-refractivity contribution in [3.63, 3.8) is 0 Å². The molecular formula is C14H23N3O. The fourth-order valence-corrected chi connectivity index (χ4v) is 1.71. The van der Waals surface area contributed by atoms with Crippen molar-refractivity contribution in [1.29, 1.82) is 0 Å². The minimum Gasteiger partial charge on any atom is -0.351 e. The molecule has 4 heteroatoms. The zero-order valence-corrected chi connectivity index (χ0v) is 11.5. The van der Waals surface area contributed by atoms with Gasteiger partial charge in [0.1, 0.15) is 0 Å². The number of amides is 1. The van der Waals surface area contributed by atoms with Crippen LogP contribution in [0.5, 0.6) is 0 Å². The van der Waals surface area contributed by atoms with E-state index in [1.165, 1.54) is 0 Å². The number of rotatable bonds is 7. The van der Waals surface area contributed by atoms with Crippen LogP contribution in [0.1, 0.15) is 15.9 Å². The Labute approximate surface area is 109 Å². The van der Waals surface area contributed by atoms with Gasteiger partial charge in [0.25, 0.3) is 5.91 Å². The number of hydrogen-bond acceptors (Lipinski definition) is 3. The third kappa shape index (κ3) is 4.85. The molecule has 0 saturated carbocycles. The molecule has 1 rings (SSSR count). The average Bonchev–Trinajstić information content (AvgIpc) is 2.36. The molecule has 0 unspecified atom stereocenters. The summed E-state index contributed by atoms with van der Waals surface area (Å²) in [6.45, 7) is 2.40. The Kier molecular flexibility index (Phi) is 6.39. The van der Waals surface area contributed by atoms with Gasteiger partial charge in [0.15, 0.2) is 0 Å². The number of carbonyl (C=O) groups is 1. The van der Waals surface area contributed by atoms with Gasteiger partial charge in [-0.2, -0.15) is 0 Å². The molecule has 0 aliphatic rings. The standard InChI is InChI=1S/C14H23N3O/c1-15-9-8-12-6-4-5-7-13(12)14(18)16-10-11-17(2)3/h4-7,15H,8-11H2,1-3H3,(H,16,18). The van der Waals surface area contributed by atoms with Gasteiger partial charge in [-0.3, -0.25) is 4.79 Å². The maximum Gasteiger partial charge on any atom is 0.251 e. The summed E-state index contributed by atoms with van der Waals surface area (Å²) < 4.78 is 0. The Morgan fingerprint density at radius 1 is 1.22 bits per heavy atom. The number of likely N-dealkylation sites (N-methyl/N-ethyl adjacent to an activating group) is 2. The molecule has 1 aromatic rings. The topological polar surface area (TPSA) is 44.4 Å². The van der Waals surface area contributed by atoms with Crippen LogP contribution >= 0.6 is 0 Å². The summed E-state index contributed by atoms with van der Waals surface area (Å²) in [4.78, 5) is 14.1. The van der Waals surface area contributed by atoms with Gasteiger partial charge in [-0.15, -0.1) is 0 Å². The molecule has 0 bridgehead atoms. The summed E-state index contributed by atoms with van der Waals surface area (Å²) in [7, 11) is 5.90. The summed E-state index contributed by atoms with van der Waals surface area (Å²) in [5.41, 5.74) is 1.88. The minimum absolute atomic E-state index is 0.0172. The fraction of sp³-hybridized carbons (Fsp3) is 0.500. The van der Waals surface area contributed by atoms with Crippen molar-refractivity contribution >= 4 is 5.91 Å². The average molecular weight is 249 g/mol. The van der Waals surface area contributed by atoms with E-state index >= 15 is 0 Å². The van der Waals surface area contributed by atoms with Crippen molar-refractivity contribution in [2.45, 2.75) is 6.42 Å². The van der Waals surface area contributed by atoms with Crippen LogP contribution in [0.15, 0.2) is 24.3 Å². The third-order valence-corrected chi connectivity index (χ3v) is 2.75. The highest BCUT2D eigenvalue weighted by Gasteiger charge is 2.09. The van der Waals surface area contributed by atoms with Crippen LogP contribution in [0.4, 0.5) is 0 Å². The van der Waals surface area contributed by atoms with Crippen molar-refractivity contribution in [3.05, 3.63) is 35.4 Å². The molecule has 1 amide bonds. The lowest BCUT2D eigenvalue weighted by molar-refractivity contribution is 0.0950. The molecule has 0 radical (unpaired) electrons. The molecule has 0 aromatic heterocycles. The smallest absolute Gasteiger partial charge is 0.251 e. The second kappa shape index (κ2) is 7.84. The van der Waals surface area contributed by atoms with Gasteiger partial charge >= 0.3 is 0 Å². The Bertz CT molecular complexity index is 377. The van der Waals surface area contributed by atoms with E-state index in [2.05, 4.69) is 10.6 Å². The van der Waals surface area contributed by atoms with Gasteiger partial charge in [-0.05, 0) is 45.7 Å². The first-order valence-electron chi connectivity index (χ1n) is 6.30. The van der Waals surface area contributed by atoms with Crippen LogP contribution in [-0.2, 0) is 6.42 Å². The summed E-state index contributed by atoms with van der Waals surface area (Å²) in [6, 6.07) is 7.78. The van der Waals surface area contributed by atoms with E-state index in [4.69, 9.17) is 0 Å². The van der Waals surface area contributed by atoms with Gasteiger partial charge in [-0.25, -0.2) is 0 Å². The van der Waals surface area contributed by atoms with E-state index in [1.54, 1.807) is 0 Å². The summed E-state index contributed by atoms with van der Waals surface area (Å²) in [5, 5.41) is 6.05. The first-order chi connectivity index (χ1) is 8.65. The first-order valence-corrected chi connectivity index (χ1v) is 6.30. The molecule has 0 aliphatic carbocycles. The zero-order valence-electron chi connectivity index (χ0n) is 11.5. The lowest BCUT2D eigenvalue weighted by Gasteiger charge is -2.12. The van der Waals surface area contributed by atoms with Gasteiger partial charge in [-0.1, -0.05) is 18.2 Å². The van der Waals surface area contributed by atoms with E-state index < -0.39 is 0 Å². The van der Waals surface area contributed by atoms with Crippen molar-refractivity contribution in [2.24, 2.45) is 0 Å². The molecule has 2 N–H and O–H groups in total. The Morgan fingerprint density at radius 3 is 2.61 bits per heavy atom. The quantitative estimate of drug-likeness (QED) is 0.749. The summed E-state index contributed by atoms with van der Waals surface area (Å²) in [5.74, 6) is 0.0172. The van der Waals surface area contributed by atoms with Gasteiger partial charge in [0.05, 0.1) is 0 Å². The SMILES string of the molecule is CNCCc1ccccc1C(=O)NCCN(C)C. The molecule has 4 nitrogen and oxygen atoms in total. The van der Waals surface area contributed by atoms with E-state index in [0.717, 1.165) is 30.6 Å². The highest BCUT2D eigenvalue weighted by molar-refractivity contribution is 5.95. The maximum absolute atomic E-state index is 12.1. The third-order valence-electron chi connectivity index (χ3n) is 2.75. The molecule has 0 spiro atoms. The lowest BCUT2D eigenvalue weighted by Crippen LogP contribution is -2.32. The Hall–Kier alpha value is -1.39. The van der Waals surface area contributed by atoms with Gasteiger partial charge in [0, 0.05) is 18.7 Å². The summed E-state index contributed by atoms with van der Waals surface area (Å²) >= 11 is 0. The molecule has 0 saturated heterocycles. The maximum atomic E-state index is 12.1. The van der Waals surface area contributed by atoms with Crippen LogP contribution in [0.2, 0.25) is 0 Å². The number of carbonyl (C=O) groups excluding carboxylic acids is 1. The van der Waals surface area contributed by atoms with Crippen molar-refractivity contribution in [1.82, 2.24) is 15.5 Å². The van der Waals surface area contributed by atoms with E-state index in [-0.39, 0.29) is 5.91 Å². The monoisotopic (exact) mass is 249 g/mol. The summed E-state index contributed by atoms with van der Waals surface area (Å²) in [6.07, 6.45) is 0.869.